The number of hydrogen-bond donors (Lipinski definition) is 3. The topological polar surface area (TPSA) is 237 Å². The van der Waals surface area contributed by atoms with Crippen molar-refractivity contribution < 1.29 is 80.2 Å². The minimum absolute atomic E-state index is 0.106. The standard InChI is InChI=1S/C81H158O17P2/c1-7-9-11-13-15-17-19-21-23-24-25-26-27-28-29-31-33-37-41-45-53-59-65-80(85)97-76(69-91-78(83)63-57-51-44-40-36-32-30-22-20-18-16-14-12-10-8-2)71-95-99(87,88)93-67-75(82)68-94-100(89,90)96-72-77(70-92-79(84)64-58-52-48-47-50-56-62-74(5)6)98-81(86)66-60-54-46-42-38-34-35-39-43-49-55-61-73(3)4/h73-77,82H,7-72H2,1-6H3,(H,87,88)(H,89,90)/t75-,76-,77-/m1/s1. The monoisotopic (exact) mass is 1470 g/mol. The van der Waals surface area contributed by atoms with Gasteiger partial charge in [-0.3, -0.25) is 37.3 Å². The Balaban J connectivity index is 5.19. The molecule has 0 saturated heterocycles. The Morgan fingerprint density at radius 2 is 0.460 bits per heavy atom. The smallest absolute Gasteiger partial charge is 0.462 e. The van der Waals surface area contributed by atoms with Gasteiger partial charge in [-0.15, -0.1) is 0 Å². The first-order valence-electron chi connectivity index (χ1n) is 42.0. The van der Waals surface area contributed by atoms with Crippen LogP contribution in [0.5, 0.6) is 0 Å². The molecule has 0 bridgehead atoms. The summed E-state index contributed by atoms with van der Waals surface area (Å²) in [6.45, 7) is 9.55. The molecule has 0 spiro atoms. The molecule has 19 heteroatoms. The normalized spacial score (nSPS) is 13.9. The van der Waals surface area contributed by atoms with Crippen molar-refractivity contribution in [2.75, 3.05) is 39.6 Å². The Morgan fingerprint density at radius 1 is 0.270 bits per heavy atom. The van der Waals surface area contributed by atoms with Crippen molar-refractivity contribution >= 4 is 39.5 Å². The fourth-order valence-electron chi connectivity index (χ4n) is 12.5. The Bertz CT molecular complexity index is 1920. The summed E-state index contributed by atoms with van der Waals surface area (Å²) in [6, 6.07) is 0. The molecule has 0 saturated carbocycles. The Labute approximate surface area is 613 Å². The largest absolute Gasteiger partial charge is 0.472 e. The molecule has 5 atom stereocenters. The maximum absolute atomic E-state index is 13.1. The van der Waals surface area contributed by atoms with E-state index in [9.17, 15) is 43.2 Å². The summed E-state index contributed by atoms with van der Waals surface area (Å²) in [7, 11) is -9.92. The number of esters is 4. The summed E-state index contributed by atoms with van der Waals surface area (Å²) < 4.78 is 68.7. The highest BCUT2D eigenvalue weighted by Crippen LogP contribution is 2.45. The van der Waals surface area contributed by atoms with Crippen LogP contribution in [-0.2, 0) is 65.4 Å². The third-order valence-electron chi connectivity index (χ3n) is 19.0. The molecule has 0 amide bonds. The van der Waals surface area contributed by atoms with Crippen molar-refractivity contribution in [2.24, 2.45) is 11.8 Å². The van der Waals surface area contributed by atoms with Gasteiger partial charge >= 0.3 is 39.5 Å². The molecule has 0 aliphatic carbocycles. The molecule has 100 heavy (non-hydrogen) atoms. The van der Waals surface area contributed by atoms with Gasteiger partial charge in [-0.1, -0.05) is 375 Å². The van der Waals surface area contributed by atoms with Crippen LogP contribution in [0.3, 0.4) is 0 Å². The van der Waals surface area contributed by atoms with Crippen molar-refractivity contribution in [1.29, 1.82) is 0 Å². The maximum Gasteiger partial charge on any atom is 0.472 e. The number of carbonyl (C=O) groups is 4. The van der Waals surface area contributed by atoms with Gasteiger partial charge in [0.2, 0.25) is 0 Å². The lowest BCUT2D eigenvalue weighted by Gasteiger charge is -2.21. The van der Waals surface area contributed by atoms with E-state index >= 15 is 0 Å². The quantitative estimate of drug-likeness (QED) is 0.0222. The number of phosphoric ester groups is 2. The second kappa shape index (κ2) is 72.6. The lowest BCUT2D eigenvalue weighted by Crippen LogP contribution is -2.30. The Morgan fingerprint density at radius 3 is 0.680 bits per heavy atom. The zero-order valence-electron chi connectivity index (χ0n) is 65.5. The minimum Gasteiger partial charge on any atom is -0.462 e. The third kappa shape index (κ3) is 74.3. The van der Waals surface area contributed by atoms with Gasteiger partial charge in [-0.05, 0) is 37.5 Å². The van der Waals surface area contributed by atoms with E-state index in [1.54, 1.807) is 0 Å². The first kappa shape index (κ1) is 98.1. The van der Waals surface area contributed by atoms with Crippen molar-refractivity contribution in [3.8, 4) is 0 Å². The van der Waals surface area contributed by atoms with Crippen LogP contribution in [0, 0.1) is 11.8 Å². The highest BCUT2D eigenvalue weighted by molar-refractivity contribution is 7.47. The molecule has 0 aromatic carbocycles. The second-order valence-corrected chi connectivity index (χ2v) is 33.0. The van der Waals surface area contributed by atoms with E-state index in [2.05, 4.69) is 41.5 Å². The van der Waals surface area contributed by atoms with Crippen LogP contribution in [-0.4, -0.2) is 96.7 Å². The highest BCUT2D eigenvalue weighted by Gasteiger charge is 2.30. The van der Waals surface area contributed by atoms with Gasteiger partial charge in [-0.25, -0.2) is 9.13 Å². The number of unbranched alkanes of at least 4 members (excludes halogenated alkanes) is 50. The van der Waals surface area contributed by atoms with E-state index < -0.39 is 97.5 Å². The van der Waals surface area contributed by atoms with Crippen molar-refractivity contribution in [2.45, 2.75) is 445 Å². The minimum atomic E-state index is -4.96. The average Bonchev–Trinajstić information content (AvgIpc) is 0.934. The number of ether oxygens (including phenoxy) is 4. The first-order valence-corrected chi connectivity index (χ1v) is 45.0. The fourth-order valence-corrected chi connectivity index (χ4v) is 14.1. The Hall–Kier alpha value is -1.94. The molecule has 0 fully saturated rings. The van der Waals surface area contributed by atoms with Crippen LogP contribution in [0.2, 0.25) is 0 Å². The molecule has 2 unspecified atom stereocenters. The SMILES string of the molecule is CCCCCCCCCCCCCCCCCCCCCCCCC(=O)O[C@H](COC(=O)CCCCCCCCCCCCCCCCC)COP(=O)(O)OC[C@@H](O)COP(=O)(O)OC[C@@H](COC(=O)CCCCCCCCC(C)C)OC(=O)CCCCCCCCCCCCCC(C)C. The number of phosphoric acid groups is 2. The summed E-state index contributed by atoms with van der Waals surface area (Å²) in [5.74, 6) is -0.667. The fraction of sp³-hybridized carbons (Fsp3) is 0.951. The lowest BCUT2D eigenvalue weighted by atomic mass is 10.0. The van der Waals surface area contributed by atoms with Gasteiger partial charge in [0.05, 0.1) is 26.4 Å². The summed E-state index contributed by atoms with van der Waals surface area (Å²) >= 11 is 0. The molecule has 0 aromatic heterocycles. The number of aliphatic hydroxyl groups excluding tert-OH is 1. The highest BCUT2D eigenvalue weighted by atomic mass is 31.2. The van der Waals surface area contributed by atoms with E-state index in [1.807, 2.05) is 0 Å². The van der Waals surface area contributed by atoms with E-state index in [0.29, 0.717) is 31.6 Å². The predicted octanol–water partition coefficient (Wildman–Crippen LogP) is 24.3. The van der Waals surface area contributed by atoms with Crippen molar-refractivity contribution in [3.63, 3.8) is 0 Å². The molecule has 0 heterocycles. The predicted molar refractivity (Wildman–Crippen MR) is 409 cm³/mol. The number of rotatable bonds is 80. The first-order chi connectivity index (χ1) is 48.4. The molecular weight excluding hydrogens is 1310 g/mol. The maximum atomic E-state index is 13.1. The molecule has 0 aromatic rings. The summed E-state index contributed by atoms with van der Waals surface area (Å²) in [4.78, 5) is 73.0. The summed E-state index contributed by atoms with van der Waals surface area (Å²) in [6.07, 6.45) is 62.7. The molecule has 3 N–H and O–H groups in total. The lowest BCUT2D eigenvalue weighted by molar-refractivity contribution is -0.161. The van der Waals surface area contributed by atoms with Crippen molar-refractivity contribution in [1.82, 2.24) is 0 Å². The van der Waals surface area contributed by atoms with E-state index in [0.717, 1.165) is 102 Å². The van der Waals surface area contributed by atoms with Gasteiger partial charge in [0, 0.05) is 25.7 Å². The van der Waals surface area contributed by atoms with Gasteiger partial charge < -0.3 is 33.8 Å². The van der Waals surface area contributed by atoms with Crippen molar-refractivity contribution in [3.05, 3.63) is 0 Å². The second-order valence-electron chi connectivity index (χ2n) is 30.1. The van der Waals surface area contributed by atoms with Gasteiger partial charge in [-0.2, -0.15) is 0 Å². The molecule has 0 rings (SSSR count). The van der Waals surface area contributed by atoms with Crippen LogP contribution in [0.1, 0.15) is 427 Å². The van der Waals surface area contributed by atoms with Gasteiger partial charge in [0.1, 0.15) is 19.3 Å². The Kier molecular flexibility index (Phi) is 71.2. The van der Waals surface area contributed by atoms with Gasteiger partial charge in [0.15, 0.2) is 12.2 Å². The molecule has 0 radical (unpaired) electrons. The van der Waals surface area contributed by atoms with Gasteiger partial charge in [0.25, 0.3) is 0 Å². The molecule has 0 aliphatic rings. The molecule has 0 aliphatic heterocycles. The van der Waals surface area contributed by atoms with Crippen LogP contribution in [0.15, 0.2) is 0 Å². The molecular formula is C81H158O17P2. The molecule has 594 valence electrons. The number of hydrogen-bond acceptors (Lipinski definition) is 15. The van der Waals surface area contributed by atoms with E-state index in [4.69, 9.17) is 37.0 Å². The zero-order chi connectivity index (χ0) is 73.5. The zero-order valence-corrected chi connectivity index (χ0v) is 67.3. The third-order valence-corrected chi connectivity index (χ3v) is 20.9. The number of carbonyl (C=O) groups excluding carboxylic acids is 4. The van der Waals surface area contributed by atoms with Crippen LogP contribution < -0.4 is 0 Å². The van der Waals surface area contributed by atoms with Crippen LogP contribution in [0.4, 0.5) is 0 Å². The molecule has 17 nitrogen and oxygen atoms in total. The van der Waals surface area contributed by atoms with E-state index in [1.165, 1.54) is 238 Å². The van der Waals surface area contributed by atoms with E-state index in [-0.39, 0.29) is 25.7 Å². The number of aliphatic hydroxyl groups is 1. The summed E-state index contributed by atoms with van der Waals surface area (Å²) in [5.41, 5.74) is 0. The van der Waals surface area contributed by atoms with Crippen LogP contribution in [0.25, 0.3) is 0 Å². The summed E-state index contributed by atoms with van der Waals surface area (Å²) in [5, 5.41) is 10.6. The average molecular weight is 1470 g/mol. The van der Waals surface area contributed by atoms with Crippen LogP contribution >= 0.6 is 15.6 Å².